The van der Waals surface area contributed by atoms with E-state index in [9.17, 15) is 0 Å². The minimum absolute atomic E-state index is 0. The van der Waals surface area contributed by atoms with E-state index >= 15 is 0 Å². The van der Waals surface area contributed by atoms with Crippen LogP contribution in [0.1, 0.15) is 14.4 Å². The van der Waals surface area contributed by atoms with E-state index in [1.54, 1.807) is 43.6 Å². The van der Waals surface area contributed by atoms with Gasteiger partial charge in [-0.05, 0) is 160 Å². The van der Waals surface area contributed by atoms with Crippen LogP contribution < -0.4 is 0 Å². The van der Waals surface area contributed by atoms with Gasteiger partial charge >= 0.3 is 0 Å². The first kappa shape index (κ1) is 64.5. The molecule has 8 rings (SSSR count). The molecule has 0 saturated heterocycles. The molecule has 0 saturated carbocycles. The second-order valence-corrected chi connectivity index (χ2v) is 14.2. The van der Waals surface area contributed by atoms with Crippen LogP contribution in [-0.2, 0) is 40.2 Å². The molecule has 0 atom stereocenters. The summed E-state index contributed by atoms with van der Waals surface area (Å²) in [7, 11) is 0. The molecule has 0 aliphatic heterocycles. The molecule has 0 fully saturated rings. The van der Waals surface area contributed by atoms with E-state index in [4.69, 9.17) is 32.7 Å². The van der Waals surface area contributed by atoms with Gasteiger partial charge in [0.1, 0.15) is 0 Å². The first-order valence-electron chi connectivity index (χ1n) is 22.5. The zero-order valence-corrected chi connectivity index (χ0v) is 47.2. The maximum Gasteiger partial charge on any atom is 0.196 e. The van der Waals surface area contributed by atoms with Gasteiger partial charge in [-0.15, -0.1) is 5.92 Å². The SMILES string of the molecule is C.[C-]#CC#CC#CC#CC#CC#CC#CC#CC#CC#CC#CC#CC#CC#CC#CC#CC#CC#CC#CC.[C-]#[N+]c1cc2c3cccnc3c3[c-]ccn3c2cc1[N+]#[C-].[C-]#[N+]c1cc2c3cccnc3c3cccn3c2cc1[N+]#[C-].[Ir].[Ir]. The third kappa shape index (κ3) is 18.7. The number of aromatic nitrogens is 4. The van der Waals surface area contributed by atoms with Gasteiger partial charge in [0.2, 0.25) is 0 Å². The Labute approximate surface area is 515 Å². The normalized spacial score (nSPS) is 7.19. The van der Waals surface area contributed by atoms with Gasteiger partial charge in [0.15, 0.2) is 22.7 Å². The molecular weight excluding hydrogens is 1390 g/mol. The topological polar surface area (TPSA) is 52.0 Å². The maximum absolute atomic E-state index is 7.26. The molecule has 2 radical (unpaired) electrons. The average Bonchev–Trinajstić information content (AvgIpc) is 4.32. The number of pyridine rings is 4. The Morgan fingerprint density at radius 1 is 0.381 bits per heavy atom. The molecule has 2 aromatic carbocycles. The van der Waals surface area contributed by atoms with E-state index < -0.39 is 0 Å². The fourth-order valence-electron chi connectivity index (χ4n) is 6.58. The first-order valence-corrected chi connectivity index (χ1v) is 22.5. The molecule has 6 heterocycles. The Hall–Kier alpha value is -13.8. The van der Waals surface area contributed by atoms with E-state index in [0.29, 0.717) is 22.7 Å². The first-order chi connectivity index (χ1) is 40.1. The smallest absolute Gasteiger partial charge is 0.196 e. The van der Waals surface area contributed by atoms with Gasteiger partial charge in [0.05, 0.1) is 37.3 Å². The van der Waals surface area contributed by atoms with Crippen LogP contribution in [0.2, 0.25) is 0 Å². The fraction of sp³-hybridized carbons (Fsp3) is 0.0270. The zero-order valence-electron chi connectivity index (χ0n) is 42.4. The predicted octanol–water partition coefficient (Wildman–Crippen LogP) is 10.6. The van der Waals surface area contributed by atoms with Crippen molar-refractivity contribution in [2.45, 2.75) is 14.4 Å². The van der Waals surface area contributed by atoms with Crippen LogP contribution in [-0.4, -0.2) is 18.8 Å². The Bertz CT molecular complexity index is 5330. The summed E-state index contributed by atoms with van der Waals surface area (Å²) in [6, 6.07) is 23.9. The van der Waals surface area contributed by atoms with Crippen LogP contribution >= 0.6 is 0 Å². The molecule has 0 aliphatic rings. The summed E-state index contributed by atoms with van der Waals surface area (Å²) in [5.41, 5.74) is 6.97. The monoisotopic (exact) mass is 1410 g/mol. The summed E-state index contributed by atoms with van der Waals surface area (Å²) in [5.74, 6) is 91.3. The van der Waals surface area contributed by atoms with Crippen LogP contribution in [0.25, 0.3) is 74.0 Å². The van der Waals surface area contributed by atoms with Crippen molar-refractivity contribution in [3.8, 4) is 219 Å². The van der Waals surface area contributed by atoms with Crippen molar-refractivity contribution in [2.24, 2.45) is 0 Å². The van der Waals surface area contributed by atoms with E-state index in [1.165, 1.54) is 0 Å². The summed E-state index contributed by atoms with van der Waals surface area (Å²) in [6.07, 6.45) is 13.9. The van der Waals surface area contributed by atoms with E-state index in [2.05, 4.69) is 249 Å². The average molecular weight is 1410 g/mol. The number of fused-ring (bicyclic) bond motifs is 12. The molecule has 0 amide bonds. The van der Waals surface area contributed by atoms with Gasteiger partial charge in [-0.3, -0.25) is 30.3 Å². The Morgan fingerprint density at radius 3 is 1.08 bits per heavy atom. The third-order valence-electron chi connectivity index (χ3n) is 9.60. The molecule has 0 bridgehead atoms. The third-order valence-corrected chi connectivity index (χ3v) is 9.60. The number of nitrogens with zero attached hydrogens (tertiary/aromatic N) is 8. The molecule has 0 N–H and O–H groups in total. The van der Waals surface area contributed by atoms with E-state index in [0.717, 1.165) is 54.6 Å². The molecule has 84 heavy (non-hydrogen) atoms. The minimum Gasteiger partial charge on any atom is -0.392 e. The van der Waals surface area contributed by atoms with Crippen molar-refractivity contribution >= 4 is 77.4 Å². The molecule has 0 unspecified atom stereocenters. The number of hydrogen-bond acceptors (Lipinski definition) is 2. The van der Waals surface area contributed by atoms with Gasteiger partial charge in [-0.2, -0.15) is 12.1 Å². The zero-order chi connectivity index (χ0) is 57.0. The van der Waals surface area contributed by atoms with Crippen molar-refractivity contribution in [1.29, 1.82) is 0 Å². The molecule has 0 aliphatic carbocycles. The largest absolute Gasteiger partial charge is 0.392 e. The molecule has 10 heteroatoms. The van der Waals surface area contributed by atoms with Gasteiger partial charge in [-0.1, -0.05) is 49.3 Å². The molecule has 0 spiro atoms. The summed E-state index contributed by atoms with van der Waals surface area (Å²) in [5, 5.41) is 3.84. The van der Waals surface area contributed by atoms with Crippen LogP contribution in [0.5, 0.6) is 0 Å². The summed E-state index contributed by atoms with van der Waals surface area (Å²) in [4.78, 5) is 22.8. The Morgan fingerprint density at radius 2 is 0.714 bits per heavy atom. The summed E-state index contributed by atoms with van der Waals surface area (Å²) < 4.78 is 3.99. The van der Waals surface area contributed by atoms with Crippen molar-refractivity contribution in [3.05, 3.63) is 150 Å². The van der Waals surface area contributed by atoms with E-state index in [1.807, 2.05) is 69.6 Å². The second-order valence-electron chi connectivity index (χ2n) is 14.2. The van der Waals surface area contributed by atoms with Crippen LogP contribution in [0, 0.1) is 258 Å². The van der Waals surface area contributed by atoms with Gasteiger partial charge in [-0.25, -0.2) is 5.92 Å². The molecule has 8 aromatic rings. The van der Waals surface area contributed by atoms with Gasteiger partial charge < -0.3 is 20.2 Å². The van der Waals surface area contributed by atoms with Crippen LogP contribution in [0.15, 0.2) is 91.5 Å². The molecular formula is C74H22Ir2N8-2. The number of rotatable bonds is 0. The molecule has 8 nitrogen and oxygen atoms in total. The Kier molecular flexibility index (Phi) is 28.4. The standard InChI is InChI=1S/C39H3.C17H8N4.C17H7N4.CH4.2Ir/c1-3-5-7-9-11-13-15-17-19-21-23-25-27-29-31-33-35-37-39-38-36-34-32-30-28-26-24-22-20-18-16-14-12-10-8-6-4-2;2*1-18-13-9-12-11-5-3-7-20-17(11)15-6-4-8-21(15)16(12)10-14(13)19-2;;;/h1H3;3-10H;3-5,7-10H;1H4;;/q-1;;-1;;;. The van der Waals surface area contributed by atoms with Gasteiger partial charge in [0.25, 0.3) is 0 Å². The maximum atomic E-state index is 7.26. The summed E-state index contributed by atoms with van der Waals surface area (Å²) >= 11 is 0. The minimum atomic E-state index is 0. The molecule has 378 valence electrons. The van der Waals surface area contributed by atoms with Crippen molar-refractivity contribution in [2.75, 3.05) is 0 Å². The van der Waals surface area contributed by atoms with Gasteiger partial charge in [0, 0.05) is 176 Å². The predicted molar refractivity (Wildman–Crippen MR) is 324 cm³/mol. The fourth-order valence-corrected chi connectivity index (χ4v) is 6.58. The number of benzene rings is 2. The van der Waals surface area contributed by atoms with Crippen LogP contribution in [0.4, 0.5) is 22.7 Å². The molecule has 6 aromatic heterocycles. The number of hydrogen-bond donors (Lipinski definition) is 0. The van der Waals surface area contributed by atoms with Crippen molar-refractivity contribution < 1.29 is 40.2 Å². The van der Waals surface area contributed by atoms with Crippen LogP contribution in [0.3, 0.4) is 0 Å². The summed E-state index contributed by atoms with van der Waals surface area (Å²) in [6.45, 7) is 30.7. The quantitative estimate of drug-likeness (QED) is 0.0863. The van der Waals surface area contributed by atoms with Crippen molar-refractivity contribution in [1.82, 2.24) is 18.8 Å². The van der Waals surface area contributed by atoms with Crippen molar-refractivity contribution in [3.63, 3.8) is 0 Å². The van der Waals surface area contributed by atoms with E-state index in [-0.39, 0.29) is 47.6 Å². The Balaban J connectivity index is 0.000000345. The second kappa shape index (κ2) is 37.1.